The maximum absolute atomic E-state index is 11.1. The molecule has 6 nitrogen and oxygen atoms in total. The van der Waals surface area contributed by atoms with E-state index in [1.807, 2.05) is 6.92 Å². The maximum Gasteiger partial charge on any atom is 0.311 e. The minimum atomic E-state index is -0.558. The van der Waals surface area contributed by atoms with Crippen LogP contribution in [0.25, 0.3) is 0 Å². The third-order valence-electron chi connectivity index (χ3n) is 2.43. The molecule has 0 unspecified atom stereocenters. The summed E-state index contributed by atoms with van der Waals surface area (Å²) < 4.78 is 6.15. The summed E-state index contributed by atoms with van der Waals surface area (Å²) in [7, 11) is 0. The molecule has 0 spiro atoms. The molecule has 0 saturated heterocycles. The number of nitrogens with one attached hydrogen (secondary N) is 1. The molecule has 1 amide bonds. The van der Waals surface area contributed by atoms with Gasteiger partial charge in [-0.1, -0.05) is 12.7 Å². The lowest BCUT2D eigenvalue weighted by atomic mass is 10.2. The fourth-order valence-electron chi connectivity index (χ4n) is 1.56. The molecule has 1 rings (SSSR count). The van der Waals surface area contributed by atoms with Crippen molar-refractivity contribution in [1.82, 2.24) is 0 Å². The van der Waals surface area contributed by atoms with Crippen molar-refractivity contribution in [2.24, 2.45) is 0 Å². The van der Waals surface area contributed by atoms with Crippen LogP contribution >= 0.6 is 15.9 Å². The van der Waals surface area contributed by atoms with E-state index in [2.05, 4.69) is 27.8 Å². The van der Waals surface area contributed by atoms with Crippen LogP contribution < -0.4 is 10.1 Å². The molecule has 1 aromatic carbocycles. The highest BCUT2D eigenvalue weighted by Crippen LogP contribution is 2.33. The van der Waals surface area contributed by atoms with Gasteiger partial charge in [0.25, 0.3) is 0 Å². The Morgan fingerprint density at radius 3 is 2.68 bits per heavy atom. The molecule has 0 fully saturated rings. The summed E-state index contributed by atoms with van der Waals surface area (Å²) in [4.78, 5) is 21.6. The van der Waals surface area contributed by atoms with Crippen LogP contribution in [0.3, 0.4) is 0 Å². The van der Waals surface area contributed by atoms with Crippen molar-refractivity contribution in [3.8, 4) is 5.75 Å². The number of ether oxygens (including phenoxy) is 1. The summed E-state index contributed by atoms with van der Waals surface area (Å²) in [6.45, 7) is 6.79. The van der Waals surface area contributed by atoms with Crippen molar-refractivity contribution in [3.63, 3.8) is 0 Å². The average molecular weight is 367 g/mol. The topological polar surface area (TPSA) is 81.5 Å². The number of allylic oxidation sites excluding steroid dienone is 4. The van der Waals surface area contributed by atoms with Crippen molar-refractivity contribution >= 4 is 33.2 Å². The number of carbonyl (C=O) groups excluding carboxylic acids is 1. The lowest BCUT2D eigenvalue weighted by Gasteiger charge is -2.10. The molecule has 116 valence electrons. The standard InChI is InChI=1S/C15H15BrN2O4/c1-4-6-12(16)14(5-2)22-15-9-11(17-10(3)19)7-8-13(15)18(20)21/h4-9H,2H2,1,3H3,(H,17,19)/b6-4-,14-12-. The molecule has 22 heavy (non-hydrogen) atoms. The van der Waals surface area contributed by atoms with Crippen molar-refractivity contribution < 1.29 is 14.5 Å². The van der Waals surface area contributed by atoms with Gasteiger partial charge in [-0.2, -0.15) is 0 Å². The zero-order valence-electron chi connectivity index (χ0n) is 12.1. The van der Waals surface area contributed by atoms with Gasteiger partial charge in [0.05, 0.1) is 9.41 Å². The number of carbonyl (C=O) groups is 1. The number of rotatable bonds is 6. The quantitative estimate of drug-likeness (QED) is 0.352. The zero-order chi connectivity index (χ0) is 16.7. The number of anilines is 1. The van der Waals surface area contributed by atoms with E-state index < -0.39 is 4.92 Å². The Morgan fingerprint density at radius 2 is 2.18 bits per heavy atom. The zero-order valence-corrected chi connectivity index (χ0v) is 13.7. The summed E-state index contributed by atoms with van der Waals surface area (Å²) in [5.74, 6) is 0.0446. The van der Waals surface area contributed by atoms with Gasteiger partial charge in [-0.05, 0) is 41.1 Å². The van der Waals surface area contributed by atoms with Crippen molar-refractivity contribution in [1.29, 1.82) is 0 Å². The Morgan fingerprint density at radius 1 is 1.50 bits per heavy atom. The number of nitrogens with zero attached hydrogens (tertiary/aromatic N) is 1. The fourth-order valence-corrected chi connectivity index (χ4v) is 2.07. The van der Waals surface area contributed by atoms with Crippen LogP contribution in [0.2, 0.25) is 0 Å². The van der Waals surface area contributed by atoms with Gasteiger partial charge in [0.1, 0.15) is 5.76 Å². The Kier molecular flexibility index (Phi) is 6.52. The number of hydrogen-bond acceptors (Lipinski definition) is 4. The molecule has 0 heterocycles. The van der Waals surface area contributed by atoms with Gasteiger partial charge in [-0.3, -0.25) is 14.9 Å². The molecular weight excluding hydrogens is 352 g/mol. The summed E-state index contributed by atoms with van der Waals surface area (Å²) in [5.41, 5.74) is 0.188. The molecule has 0 bridgehead atoms. The second kappa shape index (κ2) is 8.14. The number of nitro groups is 1. The molecule has 7 heteroatoms. The normalized spacial score (nSPS) is 11.8. The van der Waals surface area contributed by atoms with Crippen LogP contribution in [-0.2, 0) is 4.79 Å². The number of halogens is 1. The van der Waals surface area contributed by atoms with Crippen LogP contribution in [0.5, 0.6) is 5.75 Å². The largest absolute Gasteiger partial charge is 0.449 e. The van der Waals surface area contributed by atoms with Gasteiger partial charge >= 0.3 is 5.69 Å². The highest BCUT2D eigenvalue weighted by molar-refractivity contribution is 9.11. The Bertz CT molecular complexity index is 666. The summed E-state index contributed by atoms with van der Waals surface area (Å²) in [5, 5.41) is 13.6. The van der Waals surface area contributed by atoms with Crippen LogP contribution in [0.4, 0.5) is 11.4 Å². The van der Waals surface area contributed by atoms with Gasteiger partial charge < -0.3 is 10.1 Å². The highest BCUT2D eigenvalue weighted by Gasteiger charge is 2.17. The molecule has 0 atom stereocenters. The second-order valence-corrected chi connectivity index (χ2v) is 4.99. The van der Waals surface area contributed by atoms with E-state index in [-0.39, 0.29) is 17.3 Å². The molecule has 0 radical (unpaired) electrons. The lowest BCUT2D eigenvalue weighted by Crippen LogP contribution is -2.06. The van der Waals surface area contributed by atoms with E-state index in [4.69, 9.17) is 4.74 Å². The van der Waals surface area contributed by atoms with Crippen molar-refractivity contribution in [2.45, 2.75) is 13.8 Å². The molecule has 1 aromatic rings. The predicted octanol–water partition coefficient (Wildman–Crippen LogP) is 4.30. The smallest absolute Gasteiger partial charge is 0.311 e. The molecule has 0 aliphatic heterocycles. The molecule has 0 saturated carbocycles. The van der Waals surface area contributed by atoms with Gasteiger partial charge in [-0.25, -0.2) is 0 Å². The highest BCUT2D eigenvalue weighted by atomic mass is 79.9. The molecule has 0 aromatic heterocycles. The van der Waals surface area contributed by atoms with E-state index in [0.717, 1.165) is 0 Å². The lowest BCUT2D eigenvalue weighted by molar-refractivity contribution is -0.385. The van der Waals surface area contributed by atoms with Crippen LogP contribution in [0.1, 0.15) is 13.8 Å². The van der Waals surface area contributed by atoms with Crippen LogP contribution in [0, 0.1) is 10.1 Å². The van der Waals surface area contributed by atoms with E-state index in [9.17, 15) is 14.9 Å². The monoisotopic (exact) mass is 366 g/mol. The first-order valence-electron chi connectivity index (χ1n) is 6.27. The Hall–Kier alpha value is -2.41. The number of hydrogen-bond donors (Lipinski definition) is 1. The minimum absolute atomic E-state index is 0.00704. The van der Waals surface area contributed by atoms with E-state index >= 15 is 0 Å². The second-order valence-electron chi connectivity index (χ2n) is 4.14. The first kappa shape index (κ1) is 17.6. The van der Waals surface area contributed by atoms with Crippen LogP contribution in [0.15, 0.2) is 53.2 Å². The van der Waals surface area contributed by atoms with Gasteiger partial charge in [0, 0.05) is 24.7 Å². The summed E-state index contributed by atoms with van der Waals surface area (Å²) in [6.07, 6.45) is 4.93. The SMILES string of the molecule is C=C/C(Oc1cc(NC(C)=O)ccc1[N+](=O)[O-])=C(Br)\C=C/C. The van der Waals surface area contributed by atoms with Gasteiger partial charge in [0.2, 0.25) is 11.7 Å². The Labute approximate surface area is 136 Å². The third-order valence-corrected chi connectivity index (χ3v) is 3.09. The maximum atomic E-state index is 11.1. The van der Waals surface area contributed by atoms with E-state index in [0.29, 0.717) is 15.9 Å². The summed E-state index contributed by atoms with van der Waals surface area (Å²) in [6, 6.07) is 4.09. The molecule has 0 aliphatic carbocycles. The number of nitro benzene ring substituents is 1. The molecule has 0 aliphatic rings. The van der Waals surface area contributed by atoms with Crippen molar-refractivity contribution in [2.75, 3.05) is 5.32 Å². The average Bonchev–Trinajstić information content (AvgIpc) is 2.44. The first-order valence-corrected chi connectivity index (χ1v) is 7.07. The fraction of sp³-hybridized carbons (Fsp3) is 0.133. The first-order chi connectivity index (χ1) is 10.4. The van der Waals surface area contributed by atoms with Gasteiger partial charge in [0.15, 0.2) is 0 Å². The van der Waals surface area contributed by atoms with E-state index in [1.165, 1.54) is 31.2 Å². The third kappa shape index (κ3) is 4.85. The molecular formula is C15H15BrN2O4. The predicted molar refractivity (Wildman–Crippen MR) is 89.0 cm³/mol. The number of benzene rings is 1. The van der Waals surface area contributed by atoms with Gasteiger partial charge in [-0.15, -0.1) is 0 Å². The Balaban J connectivity index is 3.29. The summed E-state index contributed by atoms with van der Waals surface area (Å²) >= 11 is 3.30. The van der Waals surface area contributed by atoms with Crippen LogP contribution in [-0.4, -0.2) is 10.8 Å². The number of amides is 1. The van der Waals surface area contributed by atoms with Crippen molar-refractivity contribution in [3.05, 3.63) is 63.4 Å². The minimum Gasteiger partial charge on any atom is -0.449 e. The van der Waals surface area contributed by atoms with E-state index in [1.54, 1.807) is 12.2 Å². The molecule has 1 N–H and O–H groups in total.